The molecular formula is C12H13N5S. The van der Waals surface area contributed by atoms with Gasteiger partial charge in [-0.25, -0.2) is 9.97 Å². The van der Waals surface area contributed by atoms with Gasteiger partial charge in [-0.2, -0.15) is 0 Å². The Balaban J connectivity index is 1.95. The molecule has 2 aromatic rings. The molecule has 2 N–H and O–H groups in total. The first-order chi connectivity index (χ1) is 8.75. The molecule has 0 saturated heterocycles. The summed E-state index contributed by atoms with van der Waals surface area (Å²) in [5.41, 5.74) is 6.57. The fourth-order valence-electron chi connectivity index (χ4n) is 2.20. The van der Waals surface area contributed by atoms with E-state index in [-0.39, 0.29) is 0 Å². The van der Waals surface area contributed by atoms with Crippen LogP contribution in [0.4, 0.5) is 5.82 Å². The number of imidazole rings is 1. The van der Waals surface area contributed by atoms with Gasteiger partial charge in [-0.15, -0.1) is 0 Å². The second-order valence-electron chi connectivity index (χ2n) is 4.20. The third kappa shape index (κ3) is 1.84. The van der Waals surface area contributed by atoms with Crippen molar-refractivity contribution in [3.05, 3.63) is 42.1 Å². The van der Waals surface area contributed by atoms with Crippen molar-refractivity contribution in [2.45, 2.75) is 13.1 Å². The second-order valence-corrected chi connectivity index (χ2v) is 4.64. The largest absolute Gasteiger partial charge is 0.389 e. The summed E-state index contributed by atoms with van der Waals surface area (Å²) in [5, 5.41) is 0. The van der Waals surface area contributed by atoms with E-state index in [9.17, 15) is 0 Å². The van der Waals surface area contributed by atoms with Gasteiger partial charge in [-0.1, -0.05) is 12.2 Å². The van der Waals surface area contributed by atoms with Crippen LogP contribution in [0.2, 0.25) is 0 Å². The number of pyridine rings is 1. The SMILES string of the molecule is NC(=S)c1cccnc1N1CCn2ccnc2C1. The van der Waals surface area contributed by atoms with Crippen LogP contribution in [0, 0.1) is 0 Å². The number of hydrogen-bond donors (Lipinski definition) is 1. The summed E-state index contributed by atoms with van der Waals surface area (Å²) in [6.45, 7) is 2.53. The Bertz CT molecular complexity index is 592. The van der Waals surface area contributed by atoms with Gasteiger partial charge in [0, 0.05) is 31.7 Å². The molecular weight excluding hydrogens is 246 g/mol. The van der Waals surface area contributed by atoms with Gasteiger partial charge >= 0.3 is 0 Å². The average Bonchev–Trinajstić information content (AvgIpc) is 2.85. The molecule has 0 saturated carbocycles. The molecule has 0 fully saturated rings. The summed E-state index contributed by atoms with van der Waals surface area (Å²) in [6, 6.07) is 3.76. The Morgan fingerprint density at radius 3 is 3.00 bits per heavy atom. The topological polar surface area (TPSA) is 60.0 Å². The van der Waals surface area contributed by atoms with Crippen molar-refractivity contribution in [2.75, 3.05) is 11.4 Å². The third-order valence-corrected chi connectivity index (χ3v) is 3.32. The average molecular weight is 259 g/mol. The molecule has 0 radical (unpaired) electrons. The van der Waals surface area contributed by atoms with Crippen molar-refractivity contribution in [1.29, 1.82) is 0 Å². The first-order valence-corrected chi connectivity index (χ1v) is 6.16. The van der Waals surface area contributed by atoms with E-state index in [1.165, 1.54) is 0 Å². The van der Waals surface area contributed by atoms with Gasteiger partial charge in [0.25, 0.3) is 0 Å². The van der Waals surface area contributed by atoms with E-state index >= 15 is 0 Å². The van der Waals surface area contributed by atoms with Gasteiger partial charge in [0.15, 0.2) is 0 Å². The lowest BCUT2D eigenvalue weighted by molar-refractivity contribution is 0.556. The number of hydrogen-bond acceptors (Lipinski definition) is 4. The van der Waals surface area contributed by atoms with Crippen molar-refractivity contribution >= 4 is 23.0 Å². The summed E-state index contributed by atoms with van der Waals surface area (Å²) < 4.78 is 2.15. The highest BCUT2D eigenvalue weighted by Crippen LogP contribution is 2.21. The van der Waals surface area contributed by atoms with E-state index in [1.807, 2.05) is 24.5 Å². The van der Waals surface area contributed by atoms with Gasteiger partial charge in [-0.3, -0.25) is 0 Å². The molecule has 0 bridgehead atoms. The molecule has 0 amide bonds. The fraction of sp³-hybridized carbons (Fsp3) is 0.250. The van der Waals surface area contributed by atoms with Crippen molar-refractivity contribution in [3.8, 4) is 0 Å². The lowest BCUT2D eigenvalue weighted by Crippen LogP contribution is -2.35. The van der Waals surface area contributed by atoms with Crippen LogP contribution in [-0.4, -0.2) is 26.1 Å². The van der Waals surface area contributed by atoms with E-state index in [0.717, 1.165) is 36.8 Å². The Morgan fingerprint density at radius 1 is 1.28 bits per heavy atom. The maximum atomic E-state index is 5.74. The normalized spacial score (nSPS) is 14.3. The zero-order chi connectivity index (χ0) is 12.5. The number of aromatic nitrogens is 3. The van der Waals surface area contributed by atoms with Crippen LogP contribution in [-0.2, 0) is 13.1 Å². The van der Waals surface area contributed by atoms with E-state index in [0.29, 0.717) is 4.99 Å². The van der Waals surface area contributed by atoms with E-state index < -0.39 is 0 Å². The highest BCUT2D eigenvalue weighted by molar-refractivity contribution is 7.80. The number of fused-ring (bicyclic) bond motifs is 1. The van der Waals surface area contributed by atoms with Crippen LogP contribution in [0.3, 0.4) is 0 Å². The molecule has 5 nitrogen and oxygen atoms in total. The van der Waals surface area contributed by atoms with Crippen LogP contribution in [0.1, 0.15) is 11.4 Å². The molecule has 0 atom stereocenters. The molecule has 18 heavy (non-hydrogen) atoms. The maximum Gasteiger partial charge on any atom is 0.139 e. The molecule has 0 unspecified atom stereocenters. The maximum absolute atomic E-state index is 5.74. The van der Waals surface area contributed by atoms with Gasteiger partial charge in [0.05, 0.1) is 12.1 Å². The standard InChI is InChI=1S/C12H13N5S/c13-11(18)9-2-1-3-15-12(9)17-7-6-16-5-4-14-10(16)8-17/h1-5H,6-8H2,(H2,13,18). The molecule has 6 heteroatoms. The van der Waals surface area contributed by atoms with Crippen molar-refractivity contribution in [1.82, 2.24) is 14.5 Å². The summed E-state index contributed by atoms with van der Waals surface area (Å²) >= 11 is 5.07. The summed E-state index contributed by atoms with van der Waals surface area (Å²) in [6.07, 6.45) is 5.59. The van der Waals surface area contributed by atoms with Crippen LogP contribution in [0.15, 0.2) is 30.7 Å². The number of nitrogens with zero attached hydrogens (tertiary/aromatic N) is 4. The van der Waals surface area contributed by atoms with Gasteiger partial charge in [0.2, 0.25) is 0 Å². The molecule has 1 aliphatic heterocycles. The van der Waals surface area contributed by atoms with E-state index in [1.54, 1.807) is 6.20 Å². The minimum absolute atomic E-state index is 0.381. The monoisotopic (exact) mass is 259 g/mol. The minimum Gasteiger partial charge on any atom is -0.389 e. The predicted octanol–water partition coefficient (Wildman–Crippen LogP) is 0.932. The highest BCUT2D eigenvalue weighted by atomic mass is 32.1. The quantitative estimate of drug-likeness (QED) is 0.813. The van der Waals surface area contributed by atoms with Gasteiger partial charge in [0.1, 0.15) is 16.6 Å². The number of anilines is 1. The summed E-state index contributed by atoms with van der Waals surface area (Å²) in [5.74, 6) is 1.89. The first-order valence-electron chi connectivity index (χ1n) is 5.75. The van der Waals surface area contributed by atoms with Crippen LogP contribution >= 0.6 is 12.2 Å². The molecule has 0 aromatic carbocycles. The zero-order valence-corrected chi connectivity index (χ0v) is 10.6. The Labute approximate surface area is 110 Å². The van der Waals surface area contributed by atoms with E-state index in [2.05, 4.69) is 19.4 Å². The Kier molecular flexibility index (Phi) is 2.71. The highest BCUT2D eigenvalue weighted by Gasteiger charge is 2.20. The van der Waals surface area contributed by atoms with Crippen molar-refractivity contribution in [2.24, 2.45) is 5.73 Å². The van der Waals surface area contributed by atoms with Gasteiger partial charge in [-0.05, 0) is 12.1 Å². The molecule has 2 aromatic heterocycles. The molecule has 92 valence electrons. The first kappa shape index (κ1) is 11.2. The van der Waals surface area contributed by atoms with Crippen molar-refractivity contribution < 1.29 is 0 Å². The molecule has 0 spiro atoms. The lowest BCUT2D eigenvalue weighted by atomic mass is 10.2. The molecule has 0 aliphatic carbocycles. The third-order valence-electron chi connectivity index (χ3n) is 3.10. The number of rotatable bonds is 2. The second kappa shape index (κ2) is 4.38. The van der Waals surface area contributed by atoms with Gasteiger partial charge < -0.3 is 15.2 Å². The smallest absolute Gasteiger partial charge is 0.139 e. The summed E-state index contributed by atoms with van der Waals surface area (Å²) in [7, 11) is 0. The van der Waals surface area contributed by atoms with E-state index in [4.69, 9.17) is 18.0 Å². The van der Waals surface area contributed by atoms with Crippen molar-refractivity contribution in [3.63, 3.8) is 0 Å². The van der Waals surface area contributed by atoms with Crippen LogP contribution in [0.25, 0.3) is 0 Å². The number of thiocarbonyl (C=S) groups is 1. The fourth-order valence-corrected chi connectivity index (χ4v) is 2.35. The van der Waals surface area contributed by atoms with Crippen LogP contribution in [0.5, 0.6) is 0 Å². The summed E-state index contributed by atoms with van der Waals surface area (Å²) in [4.78, 5) is 11.3. The molecule has 3 rings (SSSR count). The Morgan fingerprint density at radius 2 is 2.17 bits per heavy atom. The minimum atomic E-state index is 0.381. The predicted molar refractivity (Wildman–Crippen MR) is 73.4 cm³/mol. The molecule has 3 heterocycles. The van der Waals surface area contributed by atoms with Crippen LogP contribution < -0.4 is 10.6 Å². The lowest BCUT2D eigenvalue weighted by Gasteiger charge is -2.29. The Hall–Kier alpha value is -1.95. The number of nitrogens with two attached hydrogens (primary N) is 1. The molecule has 1 aliphatic rings. The zero-order valence-electron chi connectivity index (χ0n) is 9.78.